The van der Waals surface area contributed by atoms with E-state index in [-0.39, 0.29) is 5.91 Å². The Hall–Kier alpha value is -2.07. The van der Waals surface area contributed by atoms with Crippen LogP contribution in [0.5, 0.6) is 0 Å². The number of rotatable bonds is 5. The number of hydrogen-bond donors (Lipinski definition) is 2. The fourth-order valence-electron chi connectivity index (χ4n) is 1.97. The average Bonchev–Trinajstić information content (AvgIpc) is 2.49. The Morgan fingerprint density at radius 1 is 1.24 bits per heavy atom. The molecule has 0 spiro atoms. The van der Waals surface area contributed by atoms with E-state index < -0.39 is 0 Å². The molecule has 2 aromatic rings. The smallest absolute Gasteiger partial charge is 0.255 e. The van der Waals surface area contributed by atoms with Gasteiger partial charge in [-0.05, 0) is 42.8 Å². The molecule has 0 atom stereocenters. The molecule has 2 rings (SSSR count). The first-order valence-corrected chi connectivity index (χ1v) is 7.26. The third-order valence-corrected chi connectivity index (χ3v) is 3.26. The minimum atomic E-state index is -0.159. The second kappa shape index (κ2) is 7.09. The van der Waals surface area contributed by atoms with E-state index in [0.717, 1.165) is 18.5 Å². The monoisotopic (exact) mass is 303 g/mol. The molecule has 21 heavy (non-hydrogen) atoms. The van der Waals surface area contributed by atoms with Crippen molar-refractivity contribution < 1.29 is 4.79 Å². The summed E-state index contributed by atoms with van der Waals surface area (Å²) in [5, 5.41) is 6.48. The summed E-state index contributed by atoms with van der Waals surface area (Å²) in [7, 11) is 1.79. The molecule has 0 saturated carbocycles. The maximum atomic E-state index is 12.3. The third kappa shape index (κ3) is 4.20. The molecule has 4 nitrogen and oxygen atoms in total. The van der Waals surface area contributed by atoms with Crippen molar-refractivity contribution in [2.24, 2.45) is 0 Å². The minimum absolute atomic E-state index is 0.159. The molecule has 2 N–H and O–H groups in total. The van der Waals surface area contributed by atoms with Crippen LogP contribution >= 0.6 is 11.6 Å². The van der Waals surface area contributed by atoms with Gasteiger partial charge < -0.3 is 10.6 Å². The first-order chi connectivity index (χ1) is 10.1. The van der Waals surface area contributed by atoms with Gasteiger partial charge in [0.1, 0.15) is 5.82 Å². The lowest BCUT2D eigenvalue weighted by atomic mass is 10.1. The molecule has 0 saturated heterocycles. The van der Waals surface area contributed by atoms with E-state index in [2.05, 4.69) is 22.5 Å². The second-order valence-corrected chi connectivity index (χ2v) is 5.13. The summed E-state index contributed by atoms with van der Waals surface area (Å²) in [6.07, 6.45) is 1.83. The Labute approximate surface area is 129 Å². The van der Waals surface area contributed by atoms with Crippen LogP contribution in [0.4, 0.5) is 11.5 Å². The fourth-order valence-corrected chi connectivity index (χ4v) is 2.09. The molecule has 0 fully saturated rings. The number of aryl methyl sites for hydroxylation is 1. The van der Waals surface area contributed by atoms with E-state index in [9.17, 15) is 4.79 Å². The summed E-state index contributed by atoms with van der Waals surface area (Å²) < 4.78 is 0. The minimum Gasteiger partial charge on any atom is -0.373 e. The van der Waals surface area contributed by atoms with Crippen molar-refractivity contribution in [3.63, 3.8) is 0 Å². The van der Waals surface area contributed by atoms with E-state index in [1.54, 1.807) is 37.4 Å². The van der Waals surface area contributed by atoms with Crippen LogP contribution in [0.15, 0.2) is 36.4 Å². The van der Waals surface area contributed by atoms with Crippen LogP contribution in [0.3, 0.4) is 0 Å². The number of aromatic nitrogens is 1. The Bertz CT molecular complexity index is 626. The van der Waals surface area contributed by atoms with Crippen LogP contribution in [0.1, 0.15) is 29.4 Å². The highest BCUT2D eigenvalue weighted by Crippen LogP contribution is 2.16. The van der Waals surface area contributed by atoms with E-state index >= 15 is 0 Å². The Kier molecular flexibility index (Phi) is 5.17. The number of benzene rings is 1. The highest BCUT2D eigenvalue weighted by molar-refractivity contribution is 6.30. The Morgan fingerprint density at radius 2 is 1.95 bits per heavy atom. The first-order valence-electron chi connectivity index (χ1n) is 6.88. The van der Waals surface area contributed by atoms with Crippen molar-refractivity contribution in [2.75, 3.05) is 17.7 Å². The van der Waals surface area contributed by atoms with Gasteiger partial charge in [0.15, 0.2) is 0 Å². The molecule has 1 aromatic heterocycles. The molecule has 0 unspecified atom stereocenters. The van der Waals surface area contributed by atoms with Crippen LogP contribution in [0.25, 0.3) is 0 Å². The van der Waals surface area contributed by atoms with Gasteiger partial charge in [0.05, 0.1) is 0 Å². The molecular formula is C16H18ClN3O. The highest BCUT2D eigenvalue weighted by atomic mass is 35.5. The maximum absolute atomic E-state index is 12.3. The maximum Gasteiger partial charge on any atom is 0.255 e. The highest BCUT2D eigenvalue weighted by Gasteiger charge is 2.10. The molecular weight excluding hydrogens is 286 g/mol. The van der Waals surface area contributed by atoms with Crippen LogP contribution in [-0.2, 0) is 6.42 Å². The first kappa shape index (κ1) is 15.3. The third-order valence-electron chi connectivity index (χ3n) is 3.00. The van der Waals surface area contributed by atoms with E-state index in [1.807, 2.05) is 6.07 Å². The number of anilines is 2. The summed E-state index contributed by atoms with van der Waals surface area (Å²) in [6, 6.07) is 10.6. The van der Waals surface area contributed by atoms with Gasteiger partial charge in [-0.25, -0.2) is 4.98 Å². The van der Waals surface area contributed by atoms with E-state index in [0.29, 0.717) is 22.1 Å². The number of hydrogen-bond acceptors (Lipinski definition) is 3. The van der Waals surface area contributed by atoms with Crippen molar-refractivity contribution in [1.82, 2.24) is 4.98 Å². The normalized spacial score (nSPS) is 10.2. The predicted octanol–water partition coefficient (Wildman–Crippen LogP) is 3.98. The van der Waals surface area contributed by atoms with Crippen LogP contribution < -0.4 is 10.6 Å². The zero-order valence-corrected chi connectivity index (χ0v) is 12.9. The molecule has 1 amide bonds. The van der Waals surface area contributed by atoms with Gasteiger partial charge in [0.2, 0.25) is 0 Å². The lowest BCUT2D eigenvalue weighted by Crippen LogP contribution is -2.13. The molecule has 0 radical (unpaired) electrons. The number of nitrogens with zero attached hydrogens (tertiary/aromatic N) is 1. The fraction of sp³-hybridized carbons (Fsp3) is 0.250. The predicted molar refractivity (Wildman–Crippen MR) is 87.2 cm³/mol. The number of carbonyl (C=O) groups excluding carboxylic acids is 1. The topological polar surface area (TPSA) is 54.0 Å². The van der Waals surface area contributed by atoms with Gasteiger partial charge in [-0.1, -0.05) is 24.9 Å². The number of halogens is 1. The van der Waals surface area contributed by atoms with Crippen LogP contribution in [-0.4, -0.2) is 17.9 Å². The molecule has 0 bridgehead atoms. The largest absolute Gasteiger partial charge is 0.373 e. The van der Waals surface area contributed by atoms with Gasteiger partial charge in [0.25, 0.3) is 5.91 Å². The van der Waals surface area contributed by atoms with Crippen LogP contribution in [0, 0.1) is 0 Å². The van der Waals surface area contributed by atoms with Gasteiger partial charge in [-0.15, -0.1) is 0 Å². The van der Waals surface area contributed by atoms with Crippen molar-refractivity contribution in [3.8, 4) is 0 Å². The SMILES string of the molecule is CCCc1cc(C(=O)Nc2ccc(Cl)cc2)cc(NC)n1. The summed E-state index contributed by atoms with van der Waals surface area (Å²) in [6.45, 7) is 2.08. The number of pyridine rings is 1. The number of carbonyl (C=O) groups is 1. The summed E-state index contributed by atoms with van der Waals surface area (Å²) >= 11 is 5.83. The van der Waals surface area contributed by atoms with Crippen molar-refractivity contribution in [2.45, 2.75) is 19.8 Å². The zero-order valence-electron chi connectivity index (χ0n) is 12.1. The van der Waals surface area contributed by atoms with Crippen LogP contribution in [0.2, 0.25) is 5.02 Å². The summed E-state index contributed by atoms with van der Waals surface area (Å²) in [5.41, 5.74) is 2.21. The summed E-state index contributed by atoms with van der Waals surface area (Å²) in [5.74, 6) is 0.538. The van der Waals surface area contributed by atoms with Gasteiger partial charge in [-0.2, -0.15) is 0 Å². The molecule has 0 aliphatic heterocycles. The van der Waals surface area contributed by atoms with E-state index in [1.165, 1.54) is 0 Å². The zero-order chi connectivity index (χ0) is 15.2. The van der Waals surface area contributed by atoms with E-state index in [4.69, 9.17) is 11.6 Å². The number of nitrogens with one attached hydrogen (secondary N) is 2. The Balaban J connectivity index is 2.21. The molecule has 110 valence electrons. The molecule has 5 heteroatoms. The van der Waals surface area contributed by atoms with Crippen molar-refractivity contribution in [1.29, 1.82) is 0 Å². The van der Waals surface area contributed by atoms with Gasteiger partial charge >= 0.3 is 0 Å². The van der Waals surface area contributed by atoms with Crippen molar-refractivity contribution >= 4 is 29.0 Å². The Morgan fingerprint density at radius 3 is 2.57 bits per heavy atom. The lowest BCUT2D eigenvalue weighted by molar-refractivity contribution is 0.102. The molecule has 0 aliphatic rings. The standard InChI is InChI=1S/C16H18ClN3O/c1-3-4-14-9-11(10-15(18-2)19-14)16(21)20-13-7-5-12(17)6-8-13/h5-10H,3-4H2,1-2H3,(H,18,19)(H,20,21). The molecule has 1 aromatic carbocycles. The number of amides is 1. The van der Waals surface area contributed by atoms with Gasteiger partial charge in [0, 0.05) is 29.0 Å². The van der Waals surface area contributed by atoms with Gasteiger partial charge in [-0.3, -0.25) is 4.79 Å². The molecule has 0 aliphatic carbocycles. The quantitative estimate of drug-likeness (QED) is 0.878. The summed E-state index contributed by atoms with van der Waals surface area (Å²) in [4.78, 5) is 16.8. The lowest BCUT2D eigenvalue weighted by Gasteiger charge is -2.09. The second-order valence-electron chi connectivity index (χ2n) is 4.69. The van der Waals surface area contributed by atoms with Crippen molar-refractivity contribution in [3.05, 3.63) is 52.7 Å². The average molecular weight is 304 g/mol. The molecule has 1 heterocycles.